The molecule has 6 heteroatoms. The number of carbonyl (C=O) groups is 2. The zero-order valence-electron chi connectivity index (χ0n) is 17.8. The standard InChI is InChI=1S/C23H33NO3S2/c1-4-6-7-8-10-21(25)24(3)15-20-14-18(16-28-20)23-17(9-5-2)13-19(29-23)11-12-22(26)27/h13-14,16H,4-12,15H2,1-3H3,(H,26,27). The van der Waals surface area contributed by atoms with Crippen LogP contribution >= 0.6 is 22.7 Å². The minimum absolute atomic E-state index is 0.172. The molecule has 1 N–H and O–H groups in total. The molecule has 2 heterocycles. The number of aliphatic carboxylic acids is 1. The zero-order chi connectivity index (χ0) is 21.2. The minimum Gasteiger partial charge on any atom is -0.481 e. The predicted octanol–water partition coefficient (Wildman–Crippen LogP) is 6.38. The van der Waals surface area contributed by atoms with Crippen LogP contribution in [0.1, 0.15) is 74.1 Å². The predicted molar refractivity (Wildman–Crippen MR) is 123 cm³/mol. The molecule has 0 radical (unpaired) electrons. The molecule has 29 heavy (non-hydrogen) atoms. The van der Waals surface area contributed by atoms with E-state index in [-0.39, 0.29) is 12.3 Å². The summed E-state index contributed by atoms with van der Waals surface area (Å²) in [5.74, 6) is -0.535. The molecule has 160 valence electrons. The molecule has 0 atom stereocenters. The van der Waals surface area contributed by atoms with Gasteiger partial charge in [0.1, 0.15) is 0 Å². The molecule has 4 nitrogen and oxygen atoms in total. The second-order valence-electron chi connectivity index (χ2n) is 7.57. The van der Waals surface area contributed by atoms with Crippen LogP contribution in [-0.4, -0.2) is 28.9 Å². The topological polar surface area (TPSA) is 57.6 Å². The minimum atomic E-state index is -0.753. The maximum atomic E-state index is 12.3. The molecule has 2 rings (SSSR count). The van der Waals surface area contributed by atoms with Gasteiger partial charge in [-0.25, -0.2) is 0 Å². The van der Waals surface area contributed by atoms with E-state index in [4.69, 9.17) is 5.11 Å². The third-order valence-corrected chi connectivity index (χ3v) is 7.15. The van der Waals surface area contributed by atoms with E-state index in [1.807, 2.05) is 11.9 Å². The second-order valence-corrected chi connectivity index (χ2v) is 9.71. The fraction of sp³-hybridized carbons (Fsp3) is 0.565. The Balaban J connectivity index is 2.02. The number of rotatable bonds is 13. The lowest BCUT2D eigenvalue weighted by atomic mass is 10.1. The van der Waals surface area contributed by atoms with Gasteiger partial charge >= 0.3 is 5.97 Å². The Hall–Kier alpha value is -1.66. The molecular formula is C23H33NO3S2. The van der Waals surface area contributed by atoms with Crippen LogP contribution in [0, 0.1) is 0 Å². The Morgan fingerprint density at radius 1 is 1.00 bits per heavy atom. The second kappa shape index (κ2) is 12.1. The average molecular weight is 436 g/mol. The van der Waals surface area contributed by atoms with Gasteiger partial charge < -0.3 is 10.0 Å². The lowest BCUT2D eigenvalue weighted by Gasteiger charge is -2.16. The van der Waals surface area contributed by atoms with Crippen molar-refractivity contribution in [2.75, 3.05) is 7.05 Å². The van der Waals surface area contributed by atoms with Crippen molar-refractivity contribution < 1.29 is 14.7 Å². The molecule has 0 aliphatic rings. The summed E-state index contributed by atoms with van der Waals surface area (Å²) in [4.78, 5) is 28.6. The van der Waals surface area contributed by atoms with Gasteiger partial charge in [-0.3, -0.25) is 9.59 Å². The molecule has 0 aliphatic heterocycles. The highest BCUT2D eigenvalue weighted by Gasteiger charge is 2.15. The van der Waals surface area contributed by atoms with E-state index < -0.39 is 5.97 Å². The number of nitrogens with zero attached hydrogens (tertiary/aromatic N) is 1. The molecule has 0 spiro atoms. The largest absolute Gasteiger partial charge is 0.481 e. The average Bonchev–Trinajstić information content (AvgIpc) is 3.30. The summed E-state index contributed by atoms with van der Waals surface area (Å²) in [6, 6.07) is 4.37. The molecule has 0 aromatic carbocycles. The lowest BCUT2D eigenvalue weighted by Crippen LogP contribution is -2.25. The number of carboxylic acid groups (broad SMARTS) is 1. The number of amides is 1. The van der Waals surface area contributed by atoms with Crippen LogP contribution < -0.4 is 0 Å². The van der Waals surface area contributed by atoms with Crippen molar-refractivity contribution in [2.24, 2.45) is 0 Å². The summed E-state index contributed by atoms with van der Waals surface area (Å²) in [6.45, 7) is 4.99. The van der Waals surface area contributed by atoms with E-state index >= 15 is 0 Å². The number of thiophene rings is 2. The first-order valence-corrected chi connectivity index (χ1v) is 12.3. The summed E-state index contributed by atoms with van der Waals surface area (Å²) in [6.07, 6.45) is 7.93. The third-order valence-electron chi connectivity index (χ3n) is 4.94. The molecule has 2 aromatic rings. The normalized spacial score (nSPS) is 11.0. The van der Waals surface area contributed by atoms with Crippen molar-refractivity contribution in [3.05, 3.63) is 32.8 Å². The molecule has 0 aliphatic carbocycles. The number of unbranched alkanes of at least 4 members (excludes halogenated alkanes) is 3. The van der Waals surface area contributed by atoms with Crippen molar-refractivity contribution in [1.29, 1.82) is 0 Å². The molecule has 0 saturated heterocycles. The quantitative estimate of drug-likeness (QED) is 0.372. The van der Waals surface area contributed by atoms with E-state index in [9.17, 15) is 9.59 Å². The number of aryl methyl sites for hydroxylation is 2. The van der Waals surface area contributed by atoms with E-state index in [0.29, 0.717) is 19.4 Å². The van der Waals surface area contributed by atoms with Crippen molar-refractivity contribution in [3.8, 4) is 10.4 Å². The fourth-order valence-corrected chi connectivity index (χ4v) is 5.53. The SMILES string of the molecule is CCCCCCC(=O)N(C)Cc1cc(-c2sc(CCC(=O)O)cc2CCC)cs1. The Labute approximate surface area is 182 Å². The Bertz CT molecular complexity index is 794. The maximum absolute atomic E-state index is 12.3. The summed E-state index contributed by atoms with van der Waals surface area (Å²) in [7, 11) is 1.89. The van der Waals surface area contributed by atoms with Gasteiger partial charge in [0.15, 0.2) is 0 Å². The first-order valence-electron chi connectivity index (χ1n) is 10.6. The fourth-order valence-electron chi connectivity index (χ4n) is 3.34. The lowest BCUT2D eigenvalue weighted by molar-refractivity contribution is -0.137. The van der Waals surface area contributed by atoms with E-state index in [1.165, 1.54) is 33.7 Å². The van der Waals surface area contributed by atoms with Crippen LogP contribution in [0.2, 0.25) is 0 Å². The molecule has 0 fully saturated rings. The first kappa shape index (κ1) is 23.6. The van der Waals surface area contributed by atoms with Gasteiger partial charge in [-0.1, -0.05) is 39.5 Å². The van der Waals surface area contributed by atoms with Gasteiger partial charge in [0.25, 0.3) is 0 Å². The highest BCUT2D eigenvalue weighted by Crippen LogP contribution is 2.37. The molecule has 0 bridgehead atoms. The number of hydrogen-bond acceptors (Lipinski definition) is 4. The molecule has 2 aromatic heterocycles. The van der Waals surface area contributed by atoms with Crippen LogP contribution in [-0.2, 0) is 29.0 Å². The van der Waals surface area contributed by atoms with Crippen LogP contribution in [0.25, 0.3) is 10.4 Å². The highest BCUT2D eigenvalue weighted by atomic mass is 32.1. The molecule has 0 saturated carbocycles. The van der Waals surface area contributed by atoms with Gasteiger partial charge in [0, 0.05) is 33.7 Å². The molecule has 0 unspecified atom stereocenters. The molecular weight excluding hydrogens is 402 g/mol. The number of carboxylic acids is 1. The van der Waals surface area contributed by atoms with Gasteiger partial charge in [0.2, 0.25) is 5.91 Å². The van der Waals surface area contributed by atoms with Crippen LogP contribution in [0.3, 0.4) is 0 Å². The van der Waals surface area contributed by atoms with Gasteiger partial charge in [-0.15, -0.1) is 22.7 Å². The summed E-state index contributed by atoms with van der Waals surface area (Å²) < 4.78 is 0. The summed E-state index contributed by atoms with van der Waals surface area (Å²) >= 11 is 3.41. The van der Waals surface area contributed by atoms with Crippen molar-refractivity contribution in [3.63, 3.8) is 0 Å². The highest BCUT2D eigenvalue weighted by molar-refractivity contribution is 7.16. The zero-order valence-corrected chi connectivity index (χ0v) is 19.5. The molecule has 1 amide bonds. The smallest absolute Gasteiger partial charge is 0.303 e. The van der Waals surface area contributed by atoms with E-state index in [1.54, 1.807) is 22.7 Å². The van der Waals surface area contributed by atoms with Crippen LogP contribution in [0.5, 0.6) is 0 Å². The van der Waals surface area contributed by atoms with Crippen LogP contribution in [0.15, 0.2) is 17.5 Å². The van der Waals surface area contributed by atoms with Crippen molar-refractivity contribution in [2.45, 2.75) is 78.2 Å². The third kappa shape index (κ3) is 7.59. The Morgan fingerprint density at radius 3 is 2.48 bits per heavy atom. The van der Waals surface area contributed by atoms with Crippen LogP contribution in [0.4, 0.5) is 0 Å². The maximum Gasteiger partial charge on any atom is 0.303 e. The van der Waals surface area contributed by atoms with Gasteiger partial charge in [-0.05, 0) is 42.3 Å². The van der Waals surface area contributed by atoms with E-state index in [0.717, 1.165) is 30.6 Å². The monoisotopic (exact) mass is 435 g/mol. The van der Waals surface area contributed by atoms with E-state index in [2.05, 4.69) is 31.4 Å². The summed E-state index contributed by atoms with van der Waals surface area (Å²) in [5.41, 5.74) is 2.51. The summed E-state index contributed by atoms with van der Waals surface area (Å²) in [5, 5.41) is 11.1. The number of hydrogen-bond donors (Lipinski definition) is 1. The Morgan fingerprint density at radius 2 is 1.79 bits per heavy atom. The van der Waals surface area contributed by atoms with Gasteiger partial charge in [-0.2, -0.15) is 0 Å². The Kier molecular flexibility index (Phi) is 9.88. The number of carbonyl (C=O) groups excluding carboxylic acids is 1. The van der Waals surface area contributed by atoms with Crippen molar-refractivity contribution >= 4 is 34.6 Å². The van der Waals surface area contributed by atoms with Crippen molar-refractivity contribution in [1.82, 2.24) is 4.90 Å². The van der Waals surface area contributed by atoms with Gasteiger partial charge in [0.05, 0.1) is 13.0 Å². The first-order chi connectivity index (χ1) is 13.9.